The van der Waals surface area contributed by atoms with Crippen LogP contribution in [0, 0.1) is 0 Å². The van der Waals surface area contributed by atoms with E-state index in [0.717, 1.165) is 22.3 Å². The number of nitrogen functional groups attached to an aromatic ring is 8. The van der Waals surface area contributed by atoms with Crippen molar-refractivity contribution in [3.05, 3.63) is 131 Å². The number of aromatic hydroxyl groups is 3. The molecule has 0 amide bonds. The number of ether oxygens (including phenoxy) is 1. The van der Waals surface area contributed by atoms with Crippen LogP contribution in [0.5, 0.6) is 23.0 Å². The molecule has 17 heteroatoms. The number of phenols is 3. The minimum Gasteiger partial charge on any atom is -0.508 e. The molecule has 6 aromatic rings. The van der Waals surface area contributed by atoms with Crippen LogP contribution in [0.2, 0.25) is 0 Å². The van der Waals surface area contributed by atoms with Crippen molar-refractivity contribution >= 4 is 63.9 Å². The fourth-order valence-electron chi connectivity index (χ4n) is 4.95. The van der Waals surface area contributed by atoms with E-state index in [1.165, 1.54) is 48.5 Å². The highest BCUT2D eigenvalue weighted by molar-refractivity contribution is 5.93. The van der Waals surface area contributed by atoms with Gasteiger partial charge in [0.25, 0.3) is 6.47 Å². The van der Waals surface area contributed by atoms with Gasteiger partial charge in [0.05, 0.1) is 28.2 Å². The van der Waals surface area contributed by atoms with Crippen LogP contribution in [-0.4, -0.2) is 43.9 Å². The van der Waals surface area contributed by atoms with Crippen LogP contribution < -0.4 is 50.6 Å². The van der Waals surface area contributed by atoms with Gasteiger partial charge in [0.2, 0.25) is 0 Å². The Balaban J connectivity index is 0.000000214. The number of carbonyl (C=O) groups is 3. The third-order valence-electron chi connectivity index (χ3n) is 7.58. The summed E-state index contributed by atoms with van der Waals surface area (Å²) in [5, 5.41) is 44.9. The zero-order valence-electron chi connectivity index (χ0n) is 30.2. The van der Waals surface area contributed by atoms with E-state index in [4.69, 9.17) is 65.9 Å². The third kappa shape index (κ3) is 13.2. The molecular weight excluding hydrogens is 736 g/mol. The van der Waals surface area contributed by atoms with E-state index in [1.807, 2.05) is 0 Å². The average molecular weight is 779 g/mol. The van der Waals surface area contributed by atoms with Crippen LogP contribution in [0.15, 0.2) is 109 Å². The summed E-state index contributed by atoms with van der Waals surface area (Å²) >= 11 is 0. The van der Waals surface area contributed by atoms with Crippen molar-refractivity contribution in [2.45, 2.75) is 6.42 Å². The van der Waals surface area contributed by atoms with Gasteiger partial charge in [0, 0.05) is 40.6 Å². The Labute approximate surface area is 325 Å². The summed E-state index contributed by atoms with van der Waals surface area (Å²) in [6.45, 7) is 0.316. The number of hydrogen-bond acceptors (Lipinski definition) is 15. The maximum Gasteiger partial charge on any atom is 0.337 e. The highest BCUT2D eigenvalue weighted by atomic mass is 16.5. The summed E-state index contributed by atoms with van der Waals surface area (Å²) in [4.78, 5) is 31.6. The smallest absolute Gasteiger partial charge is 0.337 e. The molecule has 0 saturated heterocycles. The second-order valence-electron chi connectivity index (χ2n) is 12.1. The third-order valence-corrected chi connectivity index (χ3v) is 7.58. The van der Waals surface area contributed by atoms with Gasteiger partial charge in [-0.3, -0.25) is 4.79 Å². The Hall–Kier alpha value is -8.47. The Kier molecular flexibility index (Phi) is 14.7. The maximum absolute atomic E-state index is 10.9. The van der Waals surface area contributed by atoms with Gasteiger partial charge in [0.15, 0.2) is 5.75 Å². The summed E-state index contributed by atoms with van der Waals surface area (Å²) in [6.07, 6.45) is 0.537. The van der Waals surface area contributed by atoms with Crippen LogP contribution in [0.3, 0.4) is 0 Å². The predicted octanol–water partition coefficient (Wildman–Crippen LogP) is 4.71. The largest absolute Gasteiger partial charge is 0.508 e. The Morgan fingerprint density at radius 3 is 1.35 bits per heavy atom. The Morgan fingerprint density at radius 2 is 0.965 bits per heavy atom. The Morgan fingerprint density at radius 1 is 0.509 bits per heavy atom. The van der Waals surface area contributed by atoms with E-state index in [2.05, 4.69) is 0 Å². The minimum atomic E-state index is -1.06. The van der Waals surface area contributed by atoms with Gasteiger partial charge in [-0.2, -0.15) is 0 Å². The second kappa shape index (κ2) is 19.6. The fourth-order valence-corrected chi connectivity index (χ4v) is 4.95. The van der Waals surface area contributed by atoms with Crippen molar-refractivity contribution in [3.63, 3.8) is 0 Å². The van der Waals surface area contributed by atoms with Gasteiger partial charge in [-0.05, 0) is 101 Å². The number of carboxylic acids is 2. The lowest BCUT2D eigenvalue weighted by Gasteiger charge is -2.08. The van der Waals surface area contributed by atoms with E-state index in [1.54, 1.807) is 60.7 Å². The van der Waals surface area contributed by atoms with Gasteiger partial charge < -0.3 is 76.1 Å². The lowest BCUT2D eigenvalue weighted by atomic mass is 10.0. The quantitative estimate of drug-likeness (QED) is 0.0592. The number of hydrogen-bond donors (Lipinski definition) is 13. The number of rotatable bonds is 7. The standard InChI is InChI=1S/C15H14N2O4.C12H12N2O2.C7H8N2O2.C6H8N2O/c16-12-6-9(1-3-11(12)15(19)20)5-10-2-4-14(21-8-18)13(17)7-10;13-9-5-7(1-3-11(9)15)8-2-4-12(16)10(14)6-8;8-5-1-4(7(10)11)2-6(9)3-5;7-4-1-5(8)3-6(9)2-4/h1-4,6-8H,5,16-17H2,(H,19,20);1-6,15-16H,13-14H2;1-3H,8-9H2,(H,10,11);1-3,9H,7-8H2. The molecule has 0 heterocycles. The van der Waals surface area contributed by atoms with Crippen LogP contribution in [0.1, 0.15) is 31.8 Å². The molecule has 17 nitrogen and oxygen atoms in total. The molecule has 0 aliphatic carbocycles. The maximum atomic E-state index is 10.9. The first kappa shape index (κ1) is 42.9. The minimum absolute atomic E-state index is 0.0514. The van der Waals surface area contributed by atoms with Gasteiger partial charge in [0.1, 0.15) is 17.2 Å². The number of aromatic carboxylic acids is 2. The molecule has 296 valence electrons. The molecule has 0 radical (unpaired) electrons. The molecule has 6 aromatic carbocycles. The van der Waals surface area contributed by atoms with Gasteiger partial charge in [-0.15, -0.1) is 0 Å². The fraction of sp³-hybridized carbons (Fsp3) is 0.0250. The molecule has 6 rings (SSSR count). The number of phenolic OH excluding ortho intramolecular Hbond substituents is 3. The Bertz CT molecular complexity index is 2270. The van der Waals surface area contributed by atoms with Gasteiger partial charge >= 0.3 is 11.9 Å². The number of carboxylic acid groups (broad SMARTS) is 2. The predicted molar refractivity (Wildman–Crippen MR) is 221 cm³/mol. The summed E-state index contributed by atoms with van der Waals surface area (Å²) in [5.74, 6) is -1.57. The first-order valence-electron chi connectivity index (χ1n) is 16.4. The lowest BCUT2D eigenvalue weighted by molar-refractivity contribution is -0.120. The van der Waals surface area contributed by atoms with E-state index >= 15 is 0 Å². The summed E-state index contributed by atoms with van der Waals surface area (Å²) in [5.41, 5.74) is 50.5. The molecular formula is C40H42N8O9. The summed E-state index contributed by atoms with van der Waals surface area (Å²) in [7, 11) is 0. The molecule has 0 unspecified atom stereocenters. The van der Waals surface area contributed by atoms with Crippen molar-refractivity contribution in [2.24, 2.45) is 0 Å². The normalized spacial score (nSPS) is 9.89. The molecule has 0 atom stereocenters. The molecule has 0 aliphatic heterocycles. The van der Waals surface area contributed by atoms with Crippen molar-refractivity contribution in [1.29, 1.82) is 0 Å². The highest BCUT2D eigenvalue weighted by Crippen LogP contribution is 2.31. The molecule has 0 spiro atoms. The first-order valence-corrected chi connectivity index (χ1v) is 16.4. The van der Waals surface area contributed by atoms with Crippen LogP contribution >= 0.6 is 0 Å². The van der Waals surface area contributed by atoms with Crippen molar-refractivity contribution in [1.82, 2.24) is 0 Å². The zero-order chi connectivity index (χ0) is 42.4. The molecule has 0 fully saturated rings. The molecule has 0 bridgehead atoms. The topological polar surface area (TPSA) is 370 Å². The van der Waals surface area contributed by atoms with Crippen LogP contribution in [0.4, 0.5) is 45.5 Å². The number of benzene rings is 6. The zero-order valence-corrected chi connectivity index (χ0v) is 30.2. The SMILES string of the molecule is Nc1cc(-c2ccc(O)c(N)c2)ccc1O.Nc1cc(Cc2ccc(C(=O)O)c(N)c2)ccc1OC=O.Nc1cc(N)cc(C(=O)O)c1.Nc1cc(N)cc(O)c1. The van der Waals surface area contributed by atoms with Crippen molar-refractivity contribution in [3.8, 4) is 34.1 Å². The monoisotopic (exact) mass is 778 g/mol. The number of carbonyl (C=O) groups excluding carboxylic acids is 1. The van der Waals surface area contributed by atoms with Gasteiger partial charge in [-0.1, -0.05) is 24.3 Å². The first-order chi connectivity index (χ1) is 26.9. The summed E-state index contributed by atoms with van der Waals surface area (Å²) < 4.78 is 4.71. The van der Waals surface area contributed by atoms with Crippen molar-refractivity contribution < 1.29 is 44.7 Å². The second-order valence-corrected chi connectivity index (χ2v) is 12.1. The van der Waals surface area contributed by atoms with E-state index < -0.39 is 11.9 Å². The molecule has 0 aliphatic rings. The summed E-state index contributed by atoms with van der Waals surface area (Å²) in [6, 6.07) is 28.4. The average Bonchev–Trinajstić information content (AvgIpc) is 3.11. The van der Waals surface area contributed by atoms with Crippen molar-refractivity contribution in [2.75, 3.05) is 45.9 Å². The lowest BCUT2D eigenvalue weighted by Crippen LogP contribution is -2.03. The molecule has 0 saturated carbocycles. The number of nitrogens with two attached hydrogens (primary N) is 8. The molecule has 21 N–H and O–H groups in total. The van der Waals surface area contributed by atoms with Crippen LogP contribution in [-0.2, 0) is 11.2 Å². The van der Waals surface area contributed by atoms with E-state index in [-0.39, 0.29) is 34.1 Å². The molecule has 0 aromatic heterocycles. The van der Waals surface area contributed by atoms with Crippen LogP contribution in [0.25, 0.3) is 11.1 Å². The van der Waals surface area contributed by atoms with E-state index in [9.17, 15) is 24.6 Å². The highest BCUT2D eigenvalue weighted by Gasteiger charge is 2.10. The van der Waals surface area contributed by atoms with Gasteiger partial charge in [-0.25, -0.2) is 9.59 Å². The van der Waals surface area contributed by atoms with E-state index in [0.29, 0.717) is 58.5 Å². The molecule has 57 heavy (non-hydrogen) atoms. The number of anilines is 8.